The van der Waals surface area contributed by atoms with E-state index < -0.39 is 0 Å². The van der Waals surface area contributed by atoms with Crippen molar-refractivity contribution in [3.63, 3.8) is 0 Å². The van der Waals surface area contributed by atoms with Gasteiger partial charge in [-0.15, -0.1) is 10.2 Å². The van der Waals surface area contributed by atoms with Gasteiger partial charge in [-0.1, -0.05) is 23.1 Å². The fourth-order valence-electron chi connectivity index (χ4n) is 1.05. The van der Waals surface area contributed by atoms with Crippen LogP contribution in [0.25, 0.3) is 0 Å². The van der Waals surface area contributed by atoms with Crippen LogP contribution in [0.2, 0.25) is 0 Å². The lowest BCUT2D eigenvalue weighted by molar-refractivity contribution is 0.971. The van der Waals surface area contributed by atoms with E-state index in [1.54, 1.807) is 29.3 Å². The molecule has 15 heavy (non-hydrogen) atoms. The van der Waals surface area contributed by atoms with Crippen LogP contribution in [0, 0.1) is 6.92 Å². The third kappa shape index (κ3) is 2.74. The molecule has 2 rings (SSSR count). The topological polar surface area (TPSA) is 64.7 Å². The molecule has 6 heteroatoms. The second-order valence-corrected chi connectivity index (χ2v) is 5.38. The van der Waals surface area contributed by atoms with Crippen LogP contribution < -0.4 is 5.73 Å². The van der Waals surface area contributed by atoms with Gasteiger partial charge in [0, 0.05) is 17.6 Å². The summed E-state index contributed by atoms with van der Waals surface area (Å²) in [6, 6.07) is 3.92. The first-order valence-corrected chi connectivity index (χ1v) is 6.04. The van der Waals surface area contributed by atoms with Crippen molar-refractivity contribution in [2.24, 2.45) is 5.73 Å². The number of nitrogens with two attached hydrogens (primary N) is 1. The maximum absolute atomic E-state index is 5.52. The van der Waals surface area contributed by atoms with Gasteiger partial charge in [-0.3, -0.25) is 4.98 Å². The van der Waals surface area contributed by atoms with Crippen LogP contribution in [0.15, 0.2) is 27.6 Å². The monoisotopic (exact) mass is 238 g/mol. The van der Waals surface area contributed by atoms with Gasteiger partial charge in [0.25, 0.3) is 0 Å². The smallest absolute Gasteiger partial charge is 0.179 e. The van der Waals surface area contributed by atoms with Crippen molar-refractivity contribution in [1.29, 1.82) is 0 Å². The zero-order valence-corrected chi connectivity index (χ0v) is 9.81. The fraction of sp³-hybridized carbons (Fsp3) is 0.222. The maximum atomic E-state index is 5.52. The first-order chi connectivity index (χ1) is 7.28. The average Bonchev–Trinajstić information content (AvgIpc) is 2.64. The van der Waals surface area contributed by atoms with E-state index in [9.17, 15) is 0 Å². The molecule has 0 aliphatic carbocycles. The van der Waals surface area contributed by atoms with Gasteiger partial charge >= 0.3 is 0 Å². The molecule has 0 saturated carbocycles. The van der Waals surface area contributed by atoms with E-state index in [1.165, 1.54) is 0 Å². The molecule has 0 fully saturated rings. The zero-order valence-electron chi connectivity index (χ0n) is 8.17. The van der Waals surface area contributed by atoms with Gasteiger partial charge in [-0.25, -0.2) is 0 Å². The number of aryl methyl sites for hydroxylation is 1. The minimum atomic E-state index is 0.462. The minimum Gasteiger partial charge on any atom is -0.325 e. The van der Waals surface area contributed by atoms with Gasteiger partial charge in [-0.2, -0.15) is 0 Å². The van der Waals surface area contributed by atoms with Crippen molar-refractivity contribution in [3.05, 3.63) is 29.0 Å². The Balaban J connectivity index is 2.16. The highest BCUT2D eigenvalue weighted by Crippen LogP contribution is 2.29. The van der Waals surface area contributed by atoms with Crippen molar-refractivity contribution in [2.75, 3.05) is 0 Å². The maximum Gasteiger partial charge on any atom is 0.179 e. The molecule has 0 aromatic carbocycles. The van der Waals surface area contributed by atoms with Gasteiger partial charge in [0.15, 0.2) is 4.34 Å². The van der Waals surface area contributed by atoms with E-state index in [2.05, 4.69) is 15.2 Å². The van der Waals surface area contributed by atoms with Crippen LogP contribution in [-0.4, -0.2) is 15.2 Å². The van der Waals surface area contributed by atoms with Crippen LogP contribution in [0.1, 0.15) is 10.7 Å². The predicted octanol–water partition coefficient (Wildman–Crippen LogP) is 1.85. The fourth-order valence-corrected chi connectivity index (χ4v) is 2.89. The molecule has 0 atom stereocenters. The highest BCUT2D eigenvalue weighted by molar-refractivity contribution is 8.01. The van der Waals surface area contributed by atoms with E-state index >= 15 is 0 Å². The SMILES string of the molecule is Cc1nnc(Sc2ccnc(CN)c2)s1. The normalized spacial score (nSPS) is 10.5. The Morgan fingerprint density at radius 2 is 2.33 bits per heavy atom. The van der Waals surface area contributed by atoms with E-state index in [1.807, 2.05) is 19.1 Å². The number of hydrogen-bond acceptors (Lipinski definition) is 6. The molecular formula is C9H10N4S2. The molecular weight excluding hydrogens is 228 g/mol. The van der Waals surface area contributed by atoms with Crippen LogP contribution in [-0.2, 0) is 6.54 Å². The van der Waals surface area contributed by atoms with Crippen molar-refractivity contribution in [2.45, 2.75) is 22.7 Å². The van der Waals surface area contributed by atoms with Crippen molar-refractivity contribution in [1.82, 2.24) is 15.2 Å². The molecule has 0 aliphatic rings. The van der Waals surface area contributed by atoms with Gasteiger partial charge in [0.2, 0.25) is 0 Å². The minimum absolute atomic E-state index is 0.462. The van der Waals surface area contributed by atoms with Crippen LogP contribution in [0.4, 0.5) is 0 Å². The molecule has 0 saturated heterocycles. The molecule has 0 radical (unpaired) electrons. The predicted molar refractivity (Wildman–Crippen MR) is 60.9 cm³/mol. The summed E-state index contributed by atoms with van der Waals surface area (Å²) in [5.74, 6) is 0. The van der Waals surface area contributed by atoms with E-state index in [0.29, 0.717) is 6.54 Å². The molecule has 0 aliphatic heterocycles. The van der Waals surface area contributed by atoms with Gasteiger partial charge < -0.3 is 5.73 Å². The highest BCUT2D eigenvalue weighted by atomic mass is 32.2. The summed E-state index contributed by atoms with van der Waals surface area (Å²) in [7, 11) is 0. The van der Waals surface area contributed by atoms with Crippen LogP contribution in [0.5, 0.6) is 0 Å². The Morgan fingerprint density at radius 1 is 1.47 bits per heavy atom. The third-order valence-corrected chi connectivity index (χ3v) is 3.59. The van der Waals surface area contributed by atoms with Gasteiger partial charge in [0.1, 0.15) is 5.01 Å². The molecule has 2 aromatic heterocycles. The Kier molecular flexibility index (Phi) is 3.30. The summed E-state index contributed by atoms with van der Waals surface area (Å²) in [6.07, 6.45) is 1.76. The summed E-state index contributed by atoms with van der Waals surface area (Å²) >= 11 is 3.17. The third-order valence-electron chi connectivity index (χ3n) is 1.71. The lowest BCUT2D eigenvalue weighted by Crippen LogP contribution is -1.98. The molecule has 78 valence electrons. The van der Waals surface area contributed by atoms with Crippen molar-refractivity contribution >= 4 is 23.1 Å². The summed E-state index contributed by atoms with van der Waals surface area (Å²) in [6.45, 7) is 2.41. The van der Waals surface area contributed by atoms with Crippen molar-refractivity contribution in [3.8, 4) is 0 Å². The standard InChI is InChI=1S/C9H10N4S2/c1-6-12-13-9(14-6)15-8-2-3-11-7(4-8)5-10/h2-4H,5,10H2,1H3. The van der Waals surface area contributed by atoms with Gasteiger partial charge in [-0.05, 0) is 19.1 Å². The number of hydrogen-bond donors (Lipinski definition) is 1. The van der Waals surface area contributed by atoms with E-state index in [0.717, 1.165) is 19.9 Å². The molecule has 0 unspecified atom stereocenters. The zero-order chi connectivity index (χ0) is 10.7. The second-order valence-electron chi connectivity index (χ2n) is 2.88. The summed E-state index contributed by atoms with van der Waals surface area (Å²) in [5.41, 5.74) is 6.41. The van der Waals surface area contributed by atoms with E-state index in [-0.39, 0.29) is 0 Å². The molecule has 0 bridgehead atoms. The highest BCUT2D eigenvalue weighted by Gasteiger charge is 2.03. The largest absolute Gasteiger partial charge is 0.325 e. The first-order valence-electron chi connectivity index (χ1n) is 4.41. The Hall–Kier alpha value is -0.980. The number of nitrogens with zero attached hydrogens (tertiary/aromatic N) is 3. The Labute approximate surface area is 95.9 Å². The van der Waals surface area contributed by atoms with E-state index in [4.69, 9.17) is 5.73 Å². The van der Waals surface area contributed by atoms with Crippen molar-refractivity contribution < 1.29 is 0 Å². The number of aromatic nitrogens is 3. The summed E-state index contributed by atoms with van der Waals surface area (Å²) < 4.78 is 0.946. The molecule has 2 aromatic rings. The average molecular weight is 238 g/mol. The molecule has 4 nitrogen and oxygen atoms in total. The molecule has 0 amide bonds. The molecule has 2 N–H and O–H groups in total. The second kappa shape index (κ2) is 4.69. The van der Waals surface area contributed by atoms with Crippen LogP contribution >= 0.6 is 23.1 Å². The molecule has 2 heterocycles. The molecule has 0 spiro atoms. The quantitative estimate of drug-likeness (QED) is 0.884. The lowest BCUT2D eigenvalue weighted by atomic mass is 10.3. The van der Waals surface area contributed by atoms with Crippen LogP contribution in [0.3, 0.4) is 0 Å². The van der Waals surface area contributed by atoms with Gasteiger partial charge in [0.05, 0.1) is 5.69 Å². The summed E-state index contributed by atoms with van der Waals surface area (Å²) in [5, 5.41) is 8.99. The number of pyridine rings is 1. The summed E-state index contributed by atoms with van der Waals surface area (Å²) in [4.78, 5) is 5.23. The number of rotatable bonds is 3. The Morgan fingerprint density at radius 3 is 3.00 bits per heavy atom. The Bertz CT molecular complexity index is 455. The lowest BCUT2D eigenvalue weighted by Gasteiger charge is -1.99. The first kappa shape index (κ1) is 10.5.